The topological polar surface area (TPSA) is 53.9 Å². The van der Waals surface area contributed by atoms with Crippen LogP contribution in [-0.4, -0.2) is 42.9 Å². The molecular weight excluding hydrogens is 362 g/mol. The SMILES string of the molecule is C[C@@H](C(=O)N1CCc2ccccc2C1)[NH+](C)CC(=O)Nc1ccccc1Cl. The molecule has 2 N–H and O–H groups in total. The highest BCUT2D eigenvalue weighted by molar-refractivity contribution is 6.33. The lowest BCUT2D eigenvalue weighted by Gasteiger charge is -2.32. The average Bonchev–Trinajstić information content (AvgIpc) is 2.68. The molecule has 0 spiro atoms. The summed E-state index contributed by atoms with van der Waals surface area (Å²) in [5.74, 6) is -0.0863. The molecular formula is C21H25ClN3O2+. The van der Waals surface area contributed by atoms with Gasteiger partial charge in [0, 0.05) is 13.1 Å². The Morgan fingerprint density at radius 1 is 1.15 bits per heavy atom. The summed E-state index contributed by atoms with van der Waals surface area (Å²) in [6.07, 6.45) is 0.876. The van der Waals surface area contributed by atoms with Crippen molar-refractivity contribution in [2.75, 3.05) is 25.5 Å². The summed E-state index contributed by atoms with van der Waals surface area (Å²) in [6, 6.07) is 15.1. The summed E-state index contributed by atoms with van der Waals surface area (Å²) in [5, 5.41) is 3.31. The maximum absolute atomic E-state index is 12.9. The van der Waals surface area contributed by atoms with Crippen molar-refractivity contribution in [3.63, 3.8) is 0 Å². The third kappa shape index (κ3) is 4.67. The highest BCUT2D eigenvalue weighted by Crippen LogP contribution is 2.20. The minimum atomic E-state index is -0.299. The predicted molar refractivity (Wildman–Crippen MR) is 107 cm³/mol. The number of hydrogen-bond acceptors (Lipinski definition) is 2. The number of likely N-dealkylation sites (N-methyl/N-ethyl adjacent to an activating group) is 1. The van der Waals surface area contributed by atoms with E-state index in [1.807, 2.05) is 43.1 Å². The van der Waals surface area contributed by atoms with E-state index < -0.39 is 0 Å². The predicted octanol–water partition coefficient (Wildman–Crippen LogP) is 1.77. The largest absolute Gasteiger partial charge is 0.333 e. The van der Waals surface area contributed by atoms with E-state index in [1.165, 1.54) is 11.1 Å². The van der Waals surface area contributed by atoms with Crippen LogP contribution in [0.2, 0.25) is 5.02 Å². The molecule has 0 aromatic heterocycles. The Bertz CT molecular complexity index is 840. The maximum atomic E-state index is 12.9. The molecule has 2 aromatic rings. The number of fused-ring (bicyclic) bond motifs is 1. The molecule has 1 unspecified atom stereocenters. The van der Waals surface area contributed by atoms with Gasteiger partial charge in [0.15, 0.2) is 12.6 Å². The average molecular weight is 387 g/mol. The van der Waals surface area contributed by atoms with Crippen molar-refractivity contribution in [3.8, 4) is 0 Å². The van der Waals surface area contributed by atoms with Gasteiger partial charge in [-0.25, -0.2) is 0 Å². The molecule has 0 saturated carbocycles. The Morgan fingerprint density at radius 3 is 2.56 bits per heavy atom. The summed E-state index contributed by atoms with van der Waals surface area (Å²) in [7, 11) is 1.87. The zero-order valence-electron chi connectivity index (χ0n) is 15.7. The fourth-order valence-corrected chi connectivity index (χ4v) is 3.51. The third-order valence-electron chi connectivity index (χ3n) is 5.14. The van der Waals surface area contributed by atoms with Crippen LogP contribution >= 0.6 is 11.6 Å². The Labute approximate surface area is 164 Å². The van der Waals surface area contributed by atoms with E-state index >= 15 is 0 Å². The smallest absolute Gasteiger partial charge is 0.280 e. The number of amides is 2. The summed E-state index contributed by atoms with van der Waals surface area (Å²) >= 11 is 6.08. The van der Waals surface area contributed by atoms with Gasteiger partial charge in [0.2, 0.25) is 0 Å². The fourth-order valence-electron chi connectivity index (χ4n) is 3.33. The van der Waals surface area contributed by atoms with Gasteiger partial charge < -0.3 is 15.1 Å². The van der Waals surface area contributed by atoms with Crippen LogP contribution in [0.3, 0.4) is 0 Å². The number of quaternary nitrogens is 1. The van der Waals surface area contributed by atoms with E-state index in [4.69, 9.17) is 11.6 Å². The lowest BCUT2D eigenvalue weighted by atomic mass is 9.99. The Balaban J connectivity index is 1.57. The molecule has 27 heavy (non-hydrogen) atoms. The number of hydrogen-bond donors (Lipinski definition) is 2. The normalized spacial score (nSPS) is 15.6. The second-order valence-corrected chi connectivity index (χ2v) is 7.46. The van der Waals surface area contributed by atoms with E-state index in [0.717, 1.165) is 17.9 Å². The molecule has 0 fully saturated rings. The molecule has 1 aliphatic heterocycles. The minimum Gasteiger partial charge on any atom is -0.333 e. The van der Waals surface area contributed by atoms with E-state index in [0.29, 0.717) is 17.3 Å². The molecule has 0 radical (unpaired) electrons. The van der Waals surface area contributed by atoms with Gasteiger partial charge in [-0.3, -0.25) is 9.59 Å². The molecule has 1 heterocycles. The molecule has 0 aliphatic carbocycles. The minimum absolute atomic E-state index is 0.0764. The second-order valence-electron chi connectivity index (χ2n) is 7.05. The van der Waals surface area contributed by atoms with E-state index in [2.05, 4.69) is 17.4 Å². The molecule has 1 aliphatic rings. The molecule has 142 valence electrons. The van der Waals surface area contributed by atoms with Gasteiger partial charge in [0.25, 0.3) is 11.8 Å². The number of nitrogens with zero attached hydrogens (tertiary/aromatic N) is 1. The van der Waals surface area contributed by atoms with Gasteiger partial charge in [-0.15, -0.1) is 0 Å². The standard InChI is InChI=1S/C21H24ClN3O2/c1-15(21(27)25-12-11-16-7-3-4-8-17(16)13-25)24(2)14-20(26)23-19-10-6-5-9-18(19)22/h3-10,15H,11-14H2,1-2H3,(H,23,26)/p+1/t15-/m0/s1. The monoisotopic (exact) mass is 386 g/mol. The van der Waals surface area contributed by atoms with Crippen molar-refractivity contribution in [1.82, 2.24) is 4.90 Å². The first-order valence-electron chi connectivity index (χ1n) is 9.18. The quantitative estimate of drug-likeness (QED) is 0.822. The van der Waals surface area contributed by atoms with Crippen LogP contribution in [0, 0.1) is 0 Å². The van der Waals surface area contributed by atoms with Crippen LogP contribution in [0.25, 0.3) is 0 Å². The van der Waals surface area contributed by atoms with Crippen LogP contribution in [0.5, 0.6) is 0 Å². The lowest BCUT2D eigenvalue weighted by molar-refractivity contribution is -0.886. The molecule has 2 atom stereocenters. The van der Waals surface area contributed by atoms with Crippen molar-refractivity contribution >= 4 is 29.1 Å². The van der Waals surface area contributed by atoms with Gasteiger partial charge >= 0.3 is 0 Å². The summed E-state index contributed by atoms with van der Waals surface area (Å²) in [6.45, 7) is 3.43. The number of benzene rings is 2. The Hall–Kier alpha value is -2.37. The molecule has 0 saturated heterocycles. The number of carbonyl (C=O) groups is 2. The zero-order valence-corrected chi connectivity index (χ0v) is 16.4. The molecule has 2 aromatic carbocycles. The van der Waals surface area contributed by atoms with Crippen molar-refractivity contribution in [2.24, 2.45) is 0 Å². The van der Waals surface area contributed by atoms with Crippen molar-refractivity contribution in [1.29, 1.82) is 0 Å². The van der Waals surface area contributed by atoms with Gasteiger partial charge in [-0.1, -0.05) is 48.0 Å². The first kappa shape index (κ1) is 19.4. The van der Waals surface area contributed by atoms with Crippen molar-refractivity contribution in [2.45, 2.75) is 25.9 Å². The maximum Gasteiger partial charge on any atom is 0.280 e. The van der Waals surface area contributed by atoms with Gasteiger partial charge in [0.05, 0.1) is 17.8 Å². The second kappa shape index (κ2) is 8.55. The Kier molecular flexibility index (Phi) is 6.14. The highest BCUT2D eigenvalue weighted by Gasteiger charge is 2.30. The van der Waals surface area contributed by atoms with Gasteiger partial charge in [-0.2, -0.15) is 0 Å². The van der Waals surface area contributed by atoms with E-state index in [9.17, 15) is 9.59 Å². The van der Waals surface area contributed by atoms with E-state index in [-0.39, 0.29) is 24.4 Å². The van der Waals surface area contributed by atoms with Crippen LogP contribution < -0.4 is 10.2 Å². The number of rotatable bonds is 5. The number of carbonyl (C=O) groups excluding carboxylic acids is 2. The lowest BCUT2D eigenvalue weighted by Crippen LogP contribution is -3.15. The van der Waals surface area contributed by atoms with Crippen LogP contribution in [0.4, 0.5) is 5.69 Å². The molecule has 0 bridgehead atoms. The van der Waals surface area contributed by atoms with Crippen LogP contribution in [-0.2, 0) is 22.6 Å². The molecule has 6 heteroatoms. The first-order valence-corrected chi connectivity index (χ1v) is 9.55. The summed E-state index contributed by atoms with van der Waals surface area (Å²) in [5.41, 5.74) is 3.11. The Morgan fingerprint density at radius 2 is 1.81 bits per heavy atom. The van der Waals surface area contributed by atoms with Crippen molar-refractivity contribution < 1.29 is 14.5 Å². The van der Waals surface area contributed by atoms with Gasteiger partial charge in [-0.05, 0) is 36.6 Å². The molecule has 3 rings (SSSR count). The fraction of sp³-hybridized carbons (Fsp3) is 0.333. The number of nitrogens with one attached hydrogen (secondary N) is 2. The third-order valence-corrected chi connectivity index (χ3v) is 5.47. The van der Waals surface area contributed by atoms with Crippen molar-refractivity contribution in [3.05, 3.63) is 64.7 Å². The van der Waals surface area contributed by atoms with Crippen LogP contribution in [0.15, 0.2) is 48.5 Å². The molecule has 2 amide bonds. The summed E-state index contributed by atoms with van der Waals surface area (Å²) in [4.78, 5) is 28.0. The first-order chi connectivity index (χ1) is 13.0. The van der Waals surface area contributed by atoms with Crippen LogP contribution in [0.1, 0.15) is 18.1 Å². The highest BCUT2D eigenvalue weighted by atomic mass is 35.5. The number of halogens is 1. The zero-order chi connectivity index (χ0) is 19.4. The molecule has 5 nitrogen and oxygen atoms in total. The van der Waals surface area contributed by atoms with E-state index in [1.54, 1.807) is 12.1 Å². The summed E-state index contributed by atoms with van der Waals surface area (Å²) < 4.78 is 0. The number of para-hydroxylation sites is 1. The number of anilines is 1. The van der Waals surface area contributed by atoms with Gasteiger partial charge in [0.1, 0.15) is 0 Å².